The van der Waals surface area contributed by atoms with Crippen molar-refractivity contribution in [1.29, 1.82) is 0 Å². The number of rotatable bonds is 7. The average molecular weight is 272 g/mol. The Morgan fingerprint density at radius 3 is 2.61 bits per heavy atom. The summed E-state index contributed by atoms with van der Waals surface area (Å²) in [6, 6.07) is 6.28. The van der Waals surface area contributed by atoms with Gasteiger partial charge in [0.25, 0.3) is 0 Å². The van der Waals surface area contributed by atoms with Gasteiger partial charge in [0.05, 0.1) is 11.4 Å². The maximum absolute atomic E-state index is 12.2. The van der Waals surface area contributed by atoms with Gasteiger partial charge in [-0.15, -0.1) is 0 Å². The van der Waals surface area contributed by atoms with E-state index < -0.39 is 10.0 Å². The molecule has 1 rings (SSSR count). The van der Waals surface area contributed by atoms with Crippen molar-refractivity contribution in [3.8, 4) is 5.75 Å². The summed E-state index contributed by atoms with van der Waals surface area (Å²) in [5.41, 5.74) is 0.494. The smallest absolute Gasteiger partial charge is 0.236 e. The number of phenolic OH excluding ortho intramolecular Hbond substituents is 1. The second kappa shape index (κ2) is 6.61. The fourth-order valence-corrected chi connectivity index (χ4v) is 3.13. The van der Waals surface area contributed by atoms with E-state index in [2.05, 4.69) is 5.32 Å². The Labute approximate surface area is 108 Å². The van der Waals surface area contributed by atoms with Crippen LogP contribution >= 0.6 is 0 Å². The molecule has 0 heterocycles. The lowest BCUT2D eigenvalue weighted by Crippen LogP contribution is -2.36. The third-order valence-electron chi connectivity index (χ3n) is 2.53. The summed E-state index contributed by atoms with van der Waals surface area (Å²) in [7, 11) is -3.35. The van der Waals surface area contributed by atoms with Crippen LogP contribution in [-0.4, -0.2) is 38.9 Å². The molecule has 0 atom stereocenters. The van der Waals surface area contributed by atoms with Crippen molar-refractivity contribution in [1.82, 2.24) is 5.32 Å². The minimum absolute atomic E-state index is 0.0460. The van der Waals surface area contributed by atoms with Crippen molar-refractivity contribution in [2.45, 2.75) is 13.8 Å². The van der Waals surface area contributed by atoms with Gasteiger partial charge in [-0.05, 0) is 25.6 Å². The van der Waals surface area contributed by atoms with Crippen LogP contribution in [-0.2, 0) is 10.0 Å². The van der Waals surface area contributed by atoms with E-state index in [1.165, 1.54) is 16.4 Å². The Kier molecular flexibility index (Phi) is 5.43. The quantitative estimate of drug-likeness (QED) is 0.731. The van der Waals surface area contributed by atoms with E-state index in [-0.39, 0.29) is 11.5 Å². The molecule has 0 aliphatic carbocycles. The Hall–Kier alpha value is -1.27. The number of hydrogen-bond donors (Lipinski definition) is 2. The molecule has 102 valence electrons. The second-order valence-corrected chi connectivity index (χ2v) is 5.87. The number of hydrogen-bond acceptors (Lipinski definition) is 4. The van der Waals surface area contributed by atoms with Gasteiger partial charge in [0.15, 0.2) is 0 Å². The molecule has 0 aromatic heterocycles. The zero-order chi connectivity index (χ0) is 13.6. The van der Waals surface area contributed by atoms with E-state index >= 15 is 0 Å². The van der Waals surface area contributed by atoms with Gasteiger partial charge in [0, 0.05) is 19.2 Å². The van der Waals surface area contributed by atoms with Gasteiger partial charge in [-0.2, -0.15) is 0 Å². The molecule has 0 unspecified atom stereocenters. The van der Waals surface area contributed by atoms with E-state index in [1.54, 1.807) is 19.1 Å². The molecule has 0 aliphatic rings. The topological polar surface area (TPSA) is 69.6 Å². The highest BCUT2D eigenvalue weighted by atomic mass is 32.2. The summed E-state index contributed by atoms with van der Waals surface area (Å²) in [5.74, 6) is 0.109. The highest BCUT2D eigenvalue weighted by Gasteiger charge is 2.20. The number of aromatic hydroxyl groups is 1. The number of phenols is 1. The number of nitrogens with one attached hydrogen (secondary N) is 1. The fraction of sp³-hybridized carbons (Fsp3) is 0.500. The average Bonchev–Trinajstić information content (AvgIpc) is 2.29. The van der Waals surface area contributed by atoms with Gasteiger partial charge in [0.1, 0.15) is 5.75 Å². The molecule has 0 saturated heterocycles. The first kappa shape index (κ1) is 14.8. The number of anilines is 1. The van der Waals surface area contributed by atoms with Gasteiger partial charge in [-0.1, -0.05) is 13.0 Å². The van der Waals surface area contributed by atoms with Crippen molar-refractivity contribution in [2.24, 2.45) is 0 Å². The zero-order valence-electron chi connectivity index (χ0n) is 10.8. The number of benzene rings is 1. The van der Waals surface area contributed by atoms with E-state index in [1.807, 2.05) is 6.92 Å². The molecular weight excluding hydrogens is 252 g/mol. The summed E-state index contributed by atoms with van der Waals surface area (Å²) in [6.45, 7) is 5.22. The maximum Gasteiger partial charge on any atom is 0.236 e. The predicted molar refractivity (Wildman–Crippen MR) is 73.5 cm³/mol. The van der Waals surface area contributed by atoms with Crippen LogP contribution < -0.4 is 9.62 Å². The van der Waals surface area contributed by atoms with Crippen LogP contribution in [0.5, 0.6) is 5.75 Å². The van der Waals surface area contributed by atoms with Crippen molar-refractivity contribution in [3.05, 3.63) is 24.3 Å². The largest absolute Gasteiger partial charge is 0.508 e. The van der Waals surface area contributed by atoms with Crippen LogP contribution in [0.2, 0.25) is 0 Å². The zero-order valence-corrected chi connectivity index (χ0v) is 11.6. The van der Waals surface area contributed by atoms with Crippen LogP contribution in [0.1, 0.15) is 13.8 Å². The summed E-state index contributed by atoms with van der Waals surface area (Å²) in [5, 5.41) is 12.4. The first-order valence-electron chi connectivity index (χ1n) is 6.01. The van der Waals surface area contributed by atoms with Gasteiger partial charge in [0.2, 0.25) is 10.0 Å². The molecule has 2 N–H and O–H groups in total. The van der Waals surface area contributed by atoms with E-state index in [0.717, 1.165) is 6.54 Å². The molecule has 1 aromatic carbocycles. The van der Waals surface area contributed by atoms with Crippen LogP contribution in [0.3, 0.4) is 0 Å². The SMILES string of the molecule is CCNCCS(=O)(=O)N(CC)c1cccc(O)c1. The molecule has 18 heavy (non-hydrogen) atoms. The first-order chi connectivity index (χ1) is 8.51. The molecule has 1 aromatic rings. The summed E-state index contributed by atoms with van der Waals surface area (Å²) < 4.78 is 25.6. The maximum atomic E-state index is 12.2. The molecule has 0 aliphatic heterocycles. The summed E-state index contributed by atoms with van der Waals surface area (Å²) in [6.07, 6.45) is 0. The molecule has 0 amide bonds. The summed E-state index contributed by atoms with van der Waals surface area (Å²) in [4.78, 5) is 0. The highest BCUT2D eigenvalue weighted by molar-refractivity contribution is 7.92. The molecule has 6 heteroatoms. The minimum atomic E-state index is -3.35. The first-order valence-corrected chi connectivity index (χ1v) is 7.62. The molecule has 0 saturated carbocycles. The predicted octanol–water partition coefficient (Wildman–Crippen LogP) is 1.16. The van der Waals surface area contributed by atoms with Crippen molar-refractivity contribution in [3.63, 3.8) is 0 Å². The Balaban J connectivity index is 2.88. The van der Waals surface area contributed by atoms with Crippen molar-refractivity contribution < 1.29 is 13.5 Å². The number of nitrogens with zero attached hydrogens (tertiary/aromatic N) is 1. The summed E-state index contributed by atoms with van der Waals surface area (Å²) >= 11 is 0. The third-order valence-corrected chi connectivity index (χ3v) is 4.39. The highest BCUT2D eigenvalue weighted by Crippen LogP contribution is 2.22. The molecule has 0 radical (unpaired) electrons. The molecule has 0 bridgehead atoms. The third kappa shape index (κ3) is 3.89. The minimum Gasteiger partial charge on any atom is -0.508 e. The van der Waals surface area contributed by atoms with E-state index in [4.69, 9.17) is 0 Å². The monoisotopic (exact) mass is 272 g/mol. The van der Waals surface area contributed by atoms with Gasteiger partial charge >= 0.3 is 0 Å². The Bertz CT molecular complexity index is 474. The lowest BCUT2D eigenvalue weighted by Gasteiger charge is -2.23. The van der Waals surface area contributed by atoms with E-state index in [9.17, 15) is 13.5 Å². The van der Waals surface area contributed by atoms with Crippen LogP contribution in [0.25, 0.3) is 0 Å². The molecule has 0 fully saturated rings. The van der Waals surface area contributed by atoms with Crippen molar-refractivity contribution in [2.75, 3.05) is 29.7 Å². The number of sulfonamides is 1. The van der Waals surface area contributed by atoms with Gasteiger partial charge < -0.3 is 10.4 Å². The lowest BCUT2D eigenvalue weighted by molar-refractivity contribution is 0.475. The lowest BCUT2D eigenvalue weighted by atomic mass is 10.3. The van der Waals surface area contributed by atoms with Gasteiger partial charge in [-0.3, -0.25) is 4.31 Å². The molecule has 5 nitrogen and oxygen atoms in total. The van der Waals surface area contributed by atoms with Crippen LogP contribution in [0, 0.1) is 0 Å². The van der Waals surface area contributed by atoms with E-state index in [0.29, 0.717) is 18.8 Å². The standard InChI is InChI=1S/C12H20N2O3S/c1-3-13-8-9-18(16,17)14(4-2)11-6-5-7-12(15)10-11/h5-7,10,13,15H,3-4,8-9H2,1-2H3. The van der Waals surface area contributed by atoms with Crippen LogP contribution in [0.15, 0.2) is 24.3 Å². The fourth-order valence-electron chi connectivity index (χ4n) is 1.68. The molecule has 0 spiro atoms. The Morgan fingerprint density at radius 1 is 1.33 bits per heavy atom. The van der Waals surface area contributed by atoms with Crippen LogP contribution in [0.4, 0.5) is 5.69 Å². The normalized spacial score (nSPS) is 11.4. The second-order valence-electron chi connectivity index (χ2n) is 3.85. The van der Waals surface area contributed by atoms with Crippen molar-refractivity contribution >= 4 is 15.7 Å². The Morgan fingerprint density at radius 2 is 2.06 bits per heavy atom. The molecular formula is C12H20N2O3S. The van der Waals surface area contributed by atoms with Gasteiger partial charge in [-0.25, -0.2) is 8.42 Å².